The third kappa shape index (κ3) is 7.33. The van der Waals surface area contributed by atoms with Crippen molar-refractivity contribution in [3.05, 3.63) is 70.2 Å². The molecule has 0 aromatic heterocycles. The summed E-state index contributed by atoms with van der Waals surface area (Å²) in [6.45, 7) is 6.49. The lowest BCUT2D eigenvalue weighted by Gasteiger charge is -2.31. The summed E-state index contributed by atoms with van der Waals surface area (Å²) in [4.78, 5) is 28.1. The van der Waals surface area contributed by atoms with E-state index in [1.165, 1.54) is 12.0 Å². The first-order chi connectivity index (χ1) is 15.8. The van der Waals surface area contributed by atoms with Crippen molar-refractivity contribution in [1.29, 1.82) is 0 Å². The smallest absolute Gasteiger partial charge is 0.242 e. The molecule has 0 bridgehead atoms. The molecule has 4 nitrogen and oxygen atoms in total. The highest BCUT2D eigenvalue weighted by Crippen LogP contribution is 2.22. The van der Waals surface area contributed by atoms with Crippen LogP contribution in [0.25, 0.3) is 0 Å². The maximum absolute atomic E-state index is 13.3. The Morgan fingerprint density at radius 1 is 1.00 bits per heavy atom. The van der Waals surface area contributed by atoms with Gasteiger partial charge in [-0.2, -0.15) is 0 Å². The minimum absolute atomic E-state index is 0.0332. The van der Waals surface area contributed by atoms with Gasteiger partial charge in [0.25, 0.3) is 0 Å². The molecule has 1 fully saturated rings. The highest BCUT2D eigenvalue weighted by Gasteiger charge is 2.28. The van der Waals surface area contributed by atoms with Crippen LogP contribution in [0.3, 0.4) is 0 Å². The number of rotatable bonds is 9. The van der Waals surface area contributed by atoms with E-state index >= 15 is 0 Å². The molecule has 1 saturated carbocycles. The van der Waals surface area contributed by atoms with Crippen LogP contribution in [0.15, 0.2) is 48.5 Å². The Balaban J connectivity index is 1.70. The second-order valence-corrected chi connectivity index (χ2v) is 9.94. The fraction of sp³-hybridized carbons (Fsp3) is 0.500. The Morgan fingerprint density at radius 3 is 2.30 bits per heavy atom. The quantitative estimate of drug-likeness (QED) is 0.472. The molecular formula is C28H37ClN2O2. The summed E-state index contributed by atoms with van der Waals surface area (Å²) < 4.78 is 0. The van der Waals surface area contributed by atoms with Crippen molar-refractivity contribution in [2.45, 2.75) is 90.3 Å². The predicted molar refractivity (Wildman–Crippen MR) is 135 cm³/mol. The number of benzene rings is 2. The molecule has 5 heteroatoms. The van der Waals surface area contributed by atoms with E-state index < -0.39 is 6.04 Å². The molecule has 2 aromatic carbocycles. The lowest BCUT2D eigenvalue weighted by Crippen LogP contribution is -2.50. The van der Waals surface area contributed by atoms with E-state index in [2.05, 4.69) is 43.4 Å². The molecular weight excluding hydrogens is 432 g/mol. The lowest BCUT2D eigenvalue weighted by molar-refractivity contribution is -0.141. The van der Waals surface area contributed by atoms with Crippen molar-refractivity contribution < 1.29 is 9.59 Å². The number of hydrogen-bond donors (Lipinski definition) is 1. The molecule has 1 aliphatic rings. The zero-order valence-corrected chi connectivity index (χ0v) is 20.9. The third-order valence-corrected chi connectivity index (χ3v) is 7.06. The van der Waals surface area contributed by atoms with E-state index in [0.717, 1.165) is 36.8 Å². The predicted octanol–water partition coefficient (Wildman–Crippen LogP) is 6.26. The van der Waals surface area contributed by atoms with E-state index in [4.69, 9.17) is 11.6 Å². The summed E-state index contributed by atoms with van der Waals surface area (Å²) in [5, 5.41) is 3.79. The Bertz CT molecular complexity index is 920. The zero-order valence-electron chi connectivity index (χ0n) is 20.1. The van der Waals surface area contributed by atoms with Gasteiger partial charge in [-0.3, -0.25) is 9.59 Å². The molecule has 2 amide bonds. The van der Waals surface area contributed by atoms with E-state index in [9.17, 15) is 9.59 Å². The summed E-state index contributed by atoms with van der Waals surface area (Å²) in [5.41, 5.74) is 3.27. The van der Waals surface area contributed by atoms with E-state index in [-0.39, 0.29) is 17.9 Å². The lowest BCUT2D eigenvalue weighted by atomic mass is 9.95. The number of carbonyl (C=O) groups is 2. The molecule has 33 heavy (non-hydrogen) atoms. The summed E-state index contributed by atoms with van der Waals surface area (Å²) in [6.07, 6.45) is 6.57. The molecule has 0 saturated heterocycles. The summed E-state index contributed by atoms with van der Waals surface area (Å²) in [6, 6.07) is 15.6. The van der Waals surface area contributed by atoms with Gasteiger partial charge in [0, 0.05) is 24.0 Å². The van der Waals surface area contributed by atoms with Gasteiger partial charge in [0.2, 0.25) is 11.8 Å². The van der Waals surface area contributed by atoms with Gasteiger partial charge in [-0.15, -0.1) is 0 Å². The van der Waals surface area contributed by atoms with Gasteiger partial charge >= 0.3 is 0 Å². The van der Waals surface area contributed by atoms with Crippen LogP contribution in [-0.2, 0) is 22.6 Å². The molecule has 1 N–H and O–H groups in total. The number of halogens is 1. The van der Waals surface area contributed by atoms with Gasteiger partial charge in [-0.05, 0) is 54.9 Å². The number of amides is 2. The monoisotopic (exact) mass is 468 g/mol. The minimum Gasteiger partial charge on any atom is -0.352 e. The third-order valence-electron chi connectivity index (χ3n) is 6.69. The second-order valence-electron chi connectivity index (χ2n) is 9.53. The molecule has 0 unspecified atom stereocenters. The van der Waals surface area contributed by atoms with Gasteiger partial charge in [-0.25, -0.2) is 0 Å². The van der Waals surface area contributed by atoms with Crippen LogP contribution < -0.4 is 5.32 Å². The normalized spacial score (nSPS) is 15.3. The SMILES string of the molecule is CC(C)c1ccc(CCC(=O)N(Cc2ccccc2Cl)[C@@H](C)C(=O)NC2CCCCC2)cc1. The summed E-state index contributed by atoms with van der Waals surface area (Å²) in [7, 11) is 0. The molecule has 178 valence electrons. The average Bonchev–Trinajstić information content (AvgIpc) is 2.82. The Kier molecular flexibility index (Phi) is 9.37. The minimum atomic E-state index is -0.556. The zero-order chi connectivity index (χ0) is 23.8. The first kappa shape index (κ1) is 25.3. The van der Waals surface area contributed by atoms with Gasteiger partial charge in [0.15, 0.2) is 0 Å². The van der Waals surface area contributed by atoms with Crippen molar-refractivity contribution in [3.8, 4) is 0 Å². The van der Waals surface area contributed by atoms with Crippen LogP contribution in [0.1, 0.15) is 81.9 Å². The molecule has 0 spiro atoms. The number of aryl methyl sites for hydroxylation is 1. The van der Waals surface area contributed by atoms with Crippen LogP contribution in [0.4, 0.5) is 0 Å². The first-order valence-electron chi connectivity index (χ1n) is 12.3. The highest BCUT2D eigenvalue weighted by atomic mass is 35.5. The molecule has 2 aromatic rings. The van der Waals surface area contributed by atoms with E-state index in [1.54, 1.807) is 4.90 Å². The molecule has 1 aliphatic carbocycles. The second kappa shape index (κ2) is 12.2. The molecule has 0 heterocycles. The van der Waals surface area contributed by atoms with Crippen LogP contribution in [-0.4, -0.2) is 28.8 Å². The fourth-order valence-corrected chi connectivity index (χ4v) is 4.62. The number of nitrogens with zero attached hydrogens (tertiary/aromatic N) is 1. The largest absolute Gasteiger partial charge is 0.352 e. The Hall–Kier alpha value is -2.33. The van der Waals surface area contributed by atoms with Crippen LogP contribution >= 0.6 is 11.6 Å². The van der Waals surface area contributed by atoms with E-state index in [1.807, 2.05) is 31.2 Å². The van der Waals surface area contributed by atoms with Crippen molar-refractivity contribution >= 4 is 23.4 Å². The molecule has 1 atom stereocenters. The van der Waals surface area contributed by atoms with E-state index in [0.29, 0.717) is 30.3 Å². The average molecular weight is 469 g/mol. The molecule has 3 rings (SSSR count). The van der Waals surface area contributed by atoms with Crippen molar-refractivity contribution in [3.63, 3.8) is 0 Å². The number of hydrogen-bond acceptors (Lipinski definition) is 2. The topological polar surface area (TPSA) is 49.4 Å². The number of nitrogens with one attached hydrogen (secondary N) is 1. The van der Waals surface area contributed by atoms with Gasteiger partial charge < -0.3 is 10.2 Å². The molecule has 0 aliphatic heterocycles. The Morgan fingerprint density at radius 2 is 1.67 bits per heavy atom. The van der Waals surface area contributed by atoms with Crippen LogP contribution in [0.5, 0.6) is 0 Å². The van der Waals surface area contributed by atoms with Gasteiger partial charge in [0.05, 0.1) is 0 Å². The van der Waals surface area contributed by atoms with Crippen molar-refractivity contribution in [2.24, 2.45) is 0 Å². The van der Waals surface area contributed by atoms with Gasteiger partial charge in [-0.1, -0.05) is 87.2 Å². The Labute approximate surface area is 203 Å². The maximum atomic E-state index is 13.3. The summed E-state index contributed by atoms with van der Waals surface area (Å²) in [5.74, 6) is 0.369. The van der Waals surface area contributed by atoms with Crippen molar-refractivity contribution in [2.75, 3.05) is 0 Å². The van der Waals surface area contributed by atoms with Crippen molar-refractivity contribution in [1.82, 2.24) is 10.2 Å². The first-order valence-corrected chi connectivity index (χ1v) is 12.6. The molecule has 0 radical (unpaired) electrons. The van der Waals surface area contributed by atoms with Gasteiger partial charge in [0.1, 0.15) is 6.04 Å². The van der Waals surface area contributed by atoms with Crippen LogP contribution in [0.2, 0.25) is 5.02 Å². The summed E-state index contributed by atoms with van der Waals surface area (Å²) >= 11 is 6.39. The van der Waals surface area contributed by atoms with Crippen LogP contribution in [0, 0.1) is 0 Å². The standard InChI is InChI=1S/C28H37ClN2O2/c1-20(2)23-16-13-22(14-17-23)15-18-27(32)31(19-24-9-7-8-12-26(24)29)21(3)28(33)30-25-10-5-4-6-11-25/h7-9,12-14,16-17,20-21,25H,4-6,10-11,15,18-19H2,1-3H3,(H,30,33)/t21-/m0/s1. The number of carbonyl (C=O) groups excluding carboxylic acids is 2. The maximum Gasteiger partial charge on any atom is 0.242 e. The highest BCUT2D eigenvalue weighted by molar-refractivity contribution is 6.31. The fourth-order valence-electron chi connectivity index (χ4n) is 4.43.